The van der Waals surface area contributed by atoms with E-state index in [4.69, 9.17) is 22.8 Å². The molecule has 6 atom stereocenters. The van der Waals surface area contributed by atoms with E-state index in [1.54, 1.807) is 0 Å². The Hall–Kier alpha value is -0.629. The molecular formula is C44H86O7Si3. The molecule has 1 fully saturated rings. The van der Waals surface area contributed by atoms with Gasteiger partial charge in [-0.3, -0.25) is 4.79 Å². The molecule has 2 aliphatic heterocycles. The maximum Gasteiger partial charge on any atom is 0.334 e. The van der Waals surface area contributed by atoms with Crippen molar-refractivity contribution in [2.75, 3.05) is 0 Å². The van der Waals surface area contributed by atoms with Gasteiger partial charge in [0.1, 0.15) is 11.9 Å². The highest BCUT2D eigenvalue weighted by molar-refractivity contribution is 6.70. The van der Waals surface area contributed by atoms with Crippen molar-refractivity contribution in [1.82, 2.24) is 0 Å². The van der Waals surface area contributed by atoms with Crippen molar-refractivity contribution in [3.63, 3.8) is 0 Å². The summed E-state index contributed by atoms with van der Waals surface area (Å²) in [4.78, 5) is 25.0. The van der Waals surface area contributed by atoms with Gasteiger partial charge in [0.05, 0.1) is 24.4 Å². The van der Waals surface area contributed by atoms with E-state index in [0.717, 1.165) is 69.8 Å². The van der Waals surface area contributed by atoms with Crippen LogP contribution in [-0.2, 0) is 32.3 Å². The molecule has 2 heterocycles. The first-order valence-electron chi connectivity index (χ1n) is 22.5. The standard InChI is InChI=1S/C44H86O7Si3/c1-12-13-14-15-16-17-18-19-20-24-30-42(50-53(6,7)8)40-32-33-41(48-40)43(51-54(9,10)11)31-26-25-28-38(45)27-22-21-23-29-39(49-52(3,4)5)35-37-34-36(2)47-44(37)46/h34,36,39-43H,12-33,35H2,1-11H3/t36-,39+,40-,41+,42-,43+/m0/s1. The lowest BCUT2D eigenvalue weighted by atomic mass is 9.99. The predicted octanol–water partition coefficient (Wildman–Crippen LogP) is 12.8. The first kappa shape index (κ1) is 49.5. The molecule has 7 nitrogen and oxygen atoms in total. The van der Waals surface area contributed by atoms with Gasteiger partial charge in [-0.15, -0.1) is 0 Å². The van der Waals surface area contributed by atoms with Gasteiger partial charge >= 0.3 is 5.97 Å². The summed E-state index contributed by atoms with van der Waals surface area (Å²) < 4.78 is 32.2. The Balaban J connectivity index is 1.75. The molecule has 0 aromatic heterocycles. The van der Waals surface area contributed by atoms with Crippen molar-refractivity contribution in [2.24, 2.45) is 0 Å². The molecule has 0 saturated carbocycles. The van der Waals surface area contributed by atoms with Crippen LogP contribution in [0.1, 0.15) is 162 Å². The van der Waals surface area contributed by atoms with Crippen molar-refractivity contribution in [3.8, 4) is 0 Å². The van der Waals surface area contributed by atoms with E-state index in [0.29, 0.717) is 25.0 Å². The highest BCUT2D eigenvalue weighted by Crippen LogP contribution is 2.33. The fourth-order valence-electron chi connectivity index (χ4n) is 8.01. The molecule has 0 amide bonds. The van der Waals surface area contributed by atoms with Crippen LogP contribution in [0.2, 0.25) is 58.9 Å². The number of carbonyl (C=O) groups is 2. The zero-order valence-corrected chi connectivity index (χ0v) is 40.2. The van der Waals surface area contributed by atoms with Crippen molar-refractivity contribution >= 4 is 36.7 Å². The SMILES string of the molecule is CCCCCCCCCCCC[C@H](O[Si](C)(C)C)[C@@H]1CC[C@H]([C@@H](CCCCC(=O)CCCCC[C@H](CC2=C[C@H](C)OC2=O)O[Si](C)(C)C)O[Si](C)(C)C)O1. The molecule has 0 N–H and O–H groups in total. The van der Waals surface area contributed by atoms with Gasteiger partial charge in [0.15, 0.2) is 25.0 Å². The number of Topliss-reactive ketones (excluding diaryl/α,β-unsaturated/α-hetero) is 1. The summed E-state index contributed by atoms with van der Waals surface area (Å²) in [5.74, 6) is 0.169. The first-order valence-corrected chi connectivity index (χ1v) is 32.7. The summed E-state index contributed by atoms with van der Waals surface area (Å²) in [5.41, 5.74) is 0.748. The lowest BCUT2D eigenvalue weighted by Gasteiger charge is -2.33. The zero-order valence-electron chi connectivity index (χ0n) is 37.2. The van der Waals surface area contributed by atoms with E-state index < -0.39 is 25.0 Å². The Morgan fingerprint density at radius 3 is 1.54 bits per heavy atom. The maximum absolute atomic E-state index is 12.9. The number of unbranched alkanes of at least 4 members (excludes halogenated alkanes) is 12. The van der Waals surface area contributed by atoms with Crippen LogP contribution in [-0.4, -0.2) is 73.3 Å². The average Bonchev–Trinajstić information content (AvgIpc) is 3.66. The number of ketones is 1. The minimum atomic E-state index is -1.77. The molecule has 10 heteroatoms. The van der Waals surface area contributed by atoms with Gasteiger partial charge < -0.3 is 22.8 Å². The molecule has 2 aliphatic rings. The summed E-state index contributed by atoms with van der Waals surface area (Å²) in [6.07, 6.45) is 27.7. The smallest absolute Gasteiger partial charge is 0.334 e. The lowest BCUT2D eigenvalue weighted by molar-refractivity contribution is -0.139. The molecule has 316 valence electrons. The fourth-order valence-corrected chi connectivity index (χ4v) is 11.6. The lowest BCUT2D eigenvalue weighted by Crippen LogP contribution is -2.42. The van der Waals surface area contributed by atoms with Crippen molar-refractivity contribution in [1.29, 1.82) is 0 Å². The molecule has 0 aliphatic carbocycles. The molecule has 54 heavy (non-hydrogen) atoms. The molecule has 0 unspecified atom stereocenters. The van der Waals surface area contributed by atoms with Gasteiger partial charge in [0, 0.05) is 30.9 Å². The Morgan fingerprint density at radius 2 is 1.07 bits per heavy atom. The van der Waals surface area contributed by atoms with Gasteiger partial charge in [0.2, 0.25) is 0 Å². The highest BCUT2D eigenvalue weighted by Gasteiger charge is 2.39. The van der Waals surface area contributed by atoms with E-state index >= 15 is 0 Å². The van der Waals surface area contributed by atoms with Crippen molar-refractivity contribution in [3.05, 3.63) is 11.6 Å². The third kappa shape index (κ3) is 23.6. The highest BCUT2D eigenvalue weighted by atomic mass is 28.4. The predicted molar refractivity (Wildman–Crippen MR) is 234 cm³/mol. The van der Waals surface area contributed by atoms with E-state index in [1.807, 2.05) is 13.0 Å². The second-order valence-electron chi connectivity index (χ2n) is 19.5. The average molecular weight is 811 g/mol. The monoisotopic (exact) mass is 811 g/mol. The van der Waals surface area contributed by atoms with Crippen LogP contribution in [0.25, 0.3) is 0 Å². The molecule has 2 rings (SSSR count). The van der Waals surface area contributed by atoms with Crippen LogP contribution in [0.3, 0.4) is 0 Å². The minimum Gasteiger partial charge on any atom is -0.455 e. The second-order valence-corrected chi connectivity index (χ2v) is 32.9. The van der Waals surface area contributed by atoms with Crippen LogP contribution < -0.4 is 0 Å². The molecule has 0 bridgehead atoms. The third-order valence-corrected chi connectivity index (χ3v) is 13.5. The molecule has 1 saturated heterocycles. The largest absolute Gasteiger partial charge is 0.455 e. The van der Waals surface area contributed by atoms with E-state index in [-0.39, 0.29) is 42.6 Å². The summed E-state index contributed by atoms with van der Waals surface area (Å²) in [7, 11) is -5.23. The Bertz CT molecular complexity index is 1080. The van der Waals surface area contributed by atoms with E-state index in [1.165, 1.54) is 64.2 Å². The Morgan fingerprint density at radius 1 is 0.648 bits per heavy atom. The van der Waals surface area contributed by atoms with E-state index in [9.17, 15) is 9.59 Å². The van der Waals surface area contributed by atoms with Crippen LogP contribution in [0, 0.1) is 0 Å². The molecular weight excluding hydrogens is 725 g/mol. The van der Waals surface area contributed by atoms with Crippen LogP contribution >= 0.6 is 0 Å². The summed E-state index contributed by atoms with van der Waals surface area (Å²) in [6, 6.07) is 0. The van der Waals surface area contributed by atoms with E-state index in [2.05, 4.69) is 65.8 Å². The minimum absolute atomic E-state index is 0.0326. The summed E-state index contributed by atoms with van der Waals surface area (Å²) >= 11 is 0. The quantitative estimate of drug-likeness (QED) is 0.0380. The van der Waals surface area contributed by atoms with Crippen molar-refractivity contribution in [2.45, 2.75) is 257 Å². The Kier molecular flexibility index (Phi) is 23.5. The topological polar surface area (TPSA) is 80.3 Å². The number of hydrogen-bond donors (Lipinski definition) is 0. The summed E-state index contributed by atoms with van der Waals surface area (Å²) in [5, 5.41) is 0. The summed E-state index contributed by atoms with van der Waals surface area (Å²) in [6.45, 7) is 24.5. The number of ether oxygens (including phenoxy) is 2. The molecule has 0 aromatic carbocycles. The van der Waals surface area contributed by atoms with Gasteiger partial charge in [-0.05, 0) is 117 Å². The second kappa shape index (κ2) is 25.7. The molecule has 0 aromatic rings. The van der Waals surface area contributed by atoms with Crippen LogP contribution in [0.15, 0.2) is 11.6 Å². The maximum atomic E-state index is 12.9. The van der Waals surface area contributed by atoms with Gasteiger partial charge in [-0.25, -0.2) is 4.79 Å². The normalized spacial score (nSPS) is 21.3. The molecule has 0 radical (unpaired) electrons. The third-order valence-electron chi connectivity index (χ3n) is 10.4. The van der Waals surface area contributed by atoms with Gasteiger partial charge in [-0.2, -0.15) is 0 Å². The van der Waals surface area contributed by atoms with Gasteiger partial charge in [-0.1, -0.05) is 90.4 Å². The van der Waals surface area contributed by atoms with Gasteiger partial charge in [0.25, 0.3) is 0 Å². The number of carbonyl (C=O) groups excluding carboxylic acids is 2. The fraction of sp³-hybridized carbons (Fsp3) is 0.909. The number of esters is 1. The number of hydrogen-bond acceptors (Lipinski definition) is 7. The Labute approximate surface area is 336 Å². The number of rotatable bonds is 32. The first-order chi connectivity index (χ1) is 25.3. The molecule has 0 spiro atoms. The zero-order chi connectivity index (χ0) is 40.2. The van der Waals surface area contributed by atoms with Crippen molar-refractivity contribution < 1.29 is 32.3 Å². The number of cyclic esters (lactones) is 1. The van der Waals surface area contributed by atoms with Crippen LogP contribution in [0.5, 0.6) is 0 Å². The van der Waals surface area contributed by atoms with Crippen LogP contribution in [0.4, 0.5) is 0 Å².